The van der Waals surface area contributed by atoms with E-state index in [-0.39, 0.29) is 6.54 Å². The fraction of sp³-hybridized carbons (Fsp3) is 0.419. The van der Waals surface area contributed by atoms with Gasteiger partial charge in [0.15, 0.2) is 0 Å². The first-order valence-corrected chi connectivity index (χ1v) is 13.6. The lowest BCUT2D eigenvalue weighted by Gasteiger charge is -2.23. The van der Waals surface area contributed by atoms with Crippen molar-refractivity contribution in [2.75, 3.05) is 32.6 Å². The second-order valence-electron chi connectivity index (χ2n) is 11.7. The topological polar surface area (TPSA) is 96.9 Å². The number of nitrogens with one attached hydrogen (secondary N) is 1. The van der Waals surface area contributed by atoms with Gasteiger partial charge in [-0.15, -0.1) is 0 Å². The molecule has 9 heteroatoms. The average molecular weight is 544 g/mol. The Bertz CT molecular complexity index is 1440. The van der Waals surface area contributed by atoms with Crippen LogP contribution in [0.25, 0.3) is 11.1 Å². The number of carbonyl (C=O) groups is 2. The van der Waals surface area contributed by atoms with E-state index >= 15 is 0 Å². The Morgan fingerprint density at radius 2 is 2.00 bits per heavy atom. The Balaban J connectivity index is 1.54. The number of hydrogen-bond acceptors (Lipinski definition) is 8. The van der Waals surface area contributed by atoms with Gasteiger partial charge in [-0.2, -0.15) is 0 Å². The van der Waals surface area contributed by atoms with Crippen LogP contribution in [0.1, 0.15) is 66.0 Å². The number of amides is 2. The van der Waals surface area contributed by atoms with Crippen molar-refractivity contribution in [2.45, 2.75) is 58.7 Å². The molecule has 3 aromatic rings. The van der Waals surface area contributed by atoms with E-state index in [1.165, 1.54) is 10.5 Å². The third kappa shape index (κ3) is 5.85. The van der Waals surface area contributed by atoms with Crippen LogP contribution in [0, 0.1) is 6.92 Å². The molecule has 2 aliphatic rings. The van der Waals surface area contributed by atoms with Crippen LogP contribution in [0.4, 0.5) is 16.3 Å². The van der Waals surface area contributed by atoms with E-state index in [0.717, 1.165) is 41.1 Å². The molecular formula is C31H37N5O4. The van der Waals surface area contributed by atoms with Gasteiger partial charge in [0, 0.05) is 31.0 Å². The highest BCUT2D eigenvalue weighted by Gasteiger charge is 2.38. The summed E-state index contributed by atoms with van der Waals surface area (Å²) >= 11 is 0. The first-order chi connectivity index (χ1) is 19.0. The predicted molar refractivity (Wildman–Crippen MR) is 154 cm³/mol. The number of anilines is 2. The first kappa shape index (κ1) is 27.7. The van der Waals surface area contributed by atoms with Crippen LogP contribution in [0.5, 0.6) is 0 Å². The second kappa shape index (κ2) is 11.0. The molecule has 9 nitrogen and oxygen atoms in total. The van der Waals surface area contributed by atoms with E-state index in [2.05, 4.69) is 21.3 Å². The number of rotatable bonds is 6. The lowest BCUT2D eigenvalue weighted by Crippen LogP contribution is -2.37. The molecule has 0 spiro atoms. The van der Waals surface area contributed by atoms with Crippen LogP contribution in [0.3, 0.4) is 0 Å². The van der Waals surface area contributed by atoms with Gasteiger partial charge in [-0.05, 0) is 94.7 Å². The van der Waals surface area contributed by atoms with Crippen LogP contribution in [-0.4, -0.2) is 64.7 Å². The Labute approximate surface area is 235 Å². The molecule has 0 aliphatic carbocycles. The van der Waals surface area contributed by atoms with Gasteiger partial charge in [-0.1, -0.05) is 12.1 Å². The average Bonchev–Trinajstić information content (AvgIpc) is 3.52. The van der Waals surface area contributed by atoms with Crippen LogP contribution in [-0.2, 0) is 22.6 Å². The van der Waals surface area contributed by atoms with Crippen molar-refractivity contribution in [1.82, 2.24) is 19.8 Å². The highest BCUT2D eigenvalue weighted by molar-refractivity contribution is 6.11. The largest absolute Gasteiger partial charge is 0.443 e. The zero-order valence-electron chi connectivity index (χ0n) is 24.1. The molecule has 40 heavy (non-hydrogen) atoms. The number of carbonyl (C=O) groups excluding carboxylic acids is 2. The van der Waals surface area contributed by atoms with Crippen molar-refractivity contribution in [3.63, 3.8) is 0 Å². The van der Waals surface area contributed by atoms with Gasteiger partial charge >= 0.3 is 6.09 Å². The Kier molecular flexibility index (Phi) is 7.61. The van der Waals surface area contributed by atoms with E-state index in [0.29, 0.717) is 36.1 Å². The van der Waals surface area contributed by atoms with Crippen molar-refractivity contribution < 1.29 is 19.1 Å². The van der Waals surface area contributed by atoms with Crippen molar-refractivity contribution >= 4 is 23.5 Å². The molecule has 0 radical (unpaired) electrons. The summed E-state index contributed by atoms with van der Waals surface area (Å²) in [7, 11) is 4.04. The molecule has 2 aliphatic heterocycles. The highest BCUT2D eigenvalue weighted by atomic mass is 16.6. The monoisotopic (exact) mass is 543 g/mol. The quantitative estimate of drug-likeness (QED) is 0.426. The second-order valence-corrected chi connectivity index (χ2v) is 11.7. The number of fused-ring (bicyclic) bond motifs is 1. The molecule has 1 fully saturated rings. The van der Waals surface area contributed by atoms with Crippen LogP contribution >= 0.6 is 0 Å². The molecule has 0 saturated carbocycles. The number of aromatic nitrogens is 2. The van der Waals surface area contributed by atoms with Gasteiger partial charge in [0.05, 0.1) is 30.1 Å². The Hall–Kier alpha value is -3.82. The lowest BCUT2D eigenvalue weighted by molar-refractivity contribution is 0.0248. The molecule has 1 aromatic carbocycles. The molecule has 2 amide bonds. The standard InChI is InChI=1S/C31H37N5O4/c1-19-15-20(11-13-32-19)22-7-9-25(28-24(22)16-36(29(28)37)30(38)40-31(2,3)4)33-27-10-8-23(21-12-14-39-18-21)26(34-27)17-35(5)6/h7-11,13,15,21H,12,14,16-18H2,1-6H3,(H,33,34). The molecule has 1 N–H and O–H groups in total. The number of hydrogen-bond donors (Lipinski definition) is 1. The minimum atomic E-state index is -0.725. The summed E-state index contributed by atoms with van der Waals surface area (Å²) in [6.07, 6.45) is 2.07. The fourth-order valence-corrected chi connectivity index (χ4v) is 5.27. The molecule has 1 atom stereocenters. The van der Waals surface area contributed by atoms with Gasteiger partial charge < -0.3 is 19.7 Å². The minimum absolute atomic E-state index is 0.120. The van der Waals surface area contributed by atoms with E-state index < -0.39 is 17.6 Å². The lowest BCUT2D eigenvalue weighted by atomic mass is 9.95. The predicted octanol–water partition coefficient (Wildman–Crippen LogP) is 5.65. The molecule has 1 saturated heterocycles. The number of nitrogens with zero attached hydrogens (tertiary/aromatic N) is 4. The number of aryl methyl sites for hydroxylation is 1. The maximum Gasteiger partial charge on any atom is 0.417 e. The van der Waals surface area contributed by atoms with Crippen molar-refractivity contribution in [1.29, 1.82) is 0 Å². The molecule has 0 bridgehead atoms. The number of ether oxygens (including phenoxy) is 2. The van der Waals surface area contributed by atoms with Crippen molar-refractivity contribution in [3.05, 3.63) is 70.7 Å². The third-order valence-corrected chi connectivity index (χ3v) is 7.02. The zero-order chi connectivity index (χ0) is 28.6. The van der Waals surface area contributed by atoms with Gasteiger partial charge in [0.1, 0.15) is 11.4 Å². The minimum Gasteiger partial charge on any atom is -0.443 e. The normalized spacial score (nSPS) is 16.9. The van der Waals surface area contributed by atoms with Gasteiger partial charge in [-0.3, -0.25) is 9.78 Å². The smallest absolute Gasteiger partial charge is 0.417 e. The SMILES string of the molecule is Cc1cc(-c2ccc(Nc3ccc(C4CCOC4)c(CN(C)C)n3)c3c2CN(C(=O)OC(C)(C)C)C3=O)ccn1. The van der Waals surface area contributed by atoms with Crippen LogP contribution in [0.2, 0.25) is 0 Å². The first-order valence-electron chi connectivity index (χ1n) is 13.6. The summed E-state index contributed by atoms with van der Waals surface area (Å²) in [5.41, 5.74) is 5.93. The number of pyridine rings is 2. The summed E-state index contributed by atoms with van der Waals surface area (Å²) in [6.45, 7) is 9.56. The summed E-state index contributed by atoms with van der Waals surface area (Å²) in [6, 6.07) is 11.8. The van der Waals surface area contributed by atoms with Crippen LogP contribution in [0.15, 0.2) is 42.6 Å². The number of imide groups is 1. The van der Waals surface area contributed by atoms with E-state index in [1.54, 1.807) is 27.0 Å². The van der Waals surface area contributed by atoms with E-state index in [1.807, 2.05) is 51.4 Å². The maximum absolute atomic E-state index is 13.8. The third-order valence-electron chi connectivity index (χ3n) is 7.02. The molecular weight excluding hydrogens is 506 g/mol. The summed E-state index contributed by atoms with van der Waals surface area (Å²) in [5.74, 6) is 0.568. The van der Waals surface area contributed by atoms with Crippen LogP contribution < -0.4 is 5.32 Å². The summed E-state index contributed by atoms with van der Waals surface area (Å²) in [4.78, 5) is 39.3. The molecule has 210 valence electrons. The van der Waals surface area contributed by atoms with E-state index in [9.17, 15) is 9.59 Å². The van der Waals surface area contributed by atoms with Crippen molar-refractivity contribution in [2.24, 2.45) is 0 Å². The Morgan fingerprint density at radius 1 is 1.20 bits per heavy atom. The molecule has 4 heterocycles. The van der Waals surface area contributed by atoms with Gasteiger partial charge in [-0.25, -0.2) is 14.7 Å². The van der Waals surface area contributed by atoms with Crippen molar-refractivity contribution in [3.8, 4) is 11.1 Å². The molecule has 5 rings (SSSR count). The highest BCUT2D eigenvalue weighted by Crippen LogP contribution is 2.39. The molecule has 1 unspecified atom stereocenters. The molecule has 2 aromatic heterocycles. The number of benzene rings is 1. The fourth-order valence-electron chi connectivity index (χ4n) is 5.27. The summed E-state index contributed by atoms with van der Waals surface area (Å²) < 4.78 is 11.2. The van der Waals surface area contributed by atoms with Gasteiger partial charge in [0.2, 0.25) is 0 Å². The summed E-state index contributed by atoms with van der Waals surface area (Å²) in [5, 5.41) is 3.39. The zero-order valence-corrected chi connectivity index (χ0v) is 24.1. The maximum atomic E-state index is 13.8. The van der Waals surface area contributed by atoms with E-state index in [4.69, 9.17) is 14.5 Å². The Morgan fingerprint density at radius 3 is 2.67 bits per heavy atom. The van der Waals surface area contributed by atoms with Gasteiger partial charge in [0.25, 0.3) is 5.91 Å².